The van der Waals surface area contributed by atoms with Crippen molar-refractivity contribution in [1.82, 2.24) is 10.6 Å². The van der Waals surface area contributed by atoms with E-state index in [-0.39, 0.29) is 24.4 Å². The van der Waals surface area contributed by atoms with E-state index in [0.29, 0.717) is 6.42 Å². The molecule has 5 heteroatoms. The zero-order valence-corrected chi connectivity index (χ0v) is 12.2. The second-order valence-corrected chi connectivity index (χ2v) is 6.68. The molecule has 1 fully saturated rings. The van der Waals surface area contributed by atoms with Crippen molar-refractivity contribution in [3.05, 3.63) is 0 Å². The molecule has 0 aromatic heterocycles. The van der Waals surface area contributed by atoms with Crippen LogP contribution in [0.15, 0.2) is 0 Å². The molecule has 0 aliphatic heterocycles. The standard InChI is InChI=1S/C14H26N2O3/c1-14(2,3)6-11(13(18)19)8-16-12(17)9-15-7-10-4-5-10/h10-11,15H,4-9H2,1-3H3,(H,16,17)(H,18,19). The third-order valence-corrected chi connectivity index (χ3v) is 3.17. The van der Waals surface area contributed by atoms with Gasteiger partial charge in [-0.3, -0.25) is 9.59 Å². The Kier molecular flexibility index (Phi) is 5.79. The van der Waals surface area contributed by atoms with E-state index < -0.39 is 11.9 Å². The first kappa shape index (κ1) is 16.0. The first-order chi connectivity index (χ1) is 8.78. The Bertz CT molecular complexity index is 319. The Labute approximate surface area is 115 Å². The third kappa shape index (κ3) is 7.82. The minimum Gasteiger partial charge on any atom is -0.481 e. The molecule has 1 unspecified atom stereocenters. The summed E-state index contributed by atoms with van der Waals surface area (Å²) in [5, 5.41) is 14.9. The minimum absolute atomic E-state index is 0.0575. The van der Waals surface area contributed by atoms with Crippen molar-refractivity contribution in [3.63, 3.8) is 0 Å². The summed E-state index contributed by atoms with van der Waals surface area (Å²) in [6.45, 7) is 7.37. The molecule has 0 bridgehead atoms. The Morgan fingerprint density at radius 1 is 1.32 bits per heavy atom. The number of rotatable bonds is 8. The van der Waals surface area contributed by atoms with Gasteiger partial charge < -0.3 is 15.7 Å². The number of carbonyl (C=O) groups excluding carboxylic acids is 1. The number of nitrogens with one attached hydrogen (secondary N) is 2. The molecule has 1 aliphatic rings. The first-order valence-electron chi connectivity index (χ1n) is 6.98. The van der Waals surface area contributed by atoms with E-state index in [4.69, 9.17) is 5.11 Å². The summed E-state index contributed by atoms with van der Waals surface area (Å²) in [5.74, 6) is -0.755. The van der Waals surface area contributed by atoms with Crippen LogP contribution in [-0.2, 0) is 9.59 Å². The van der Waals surface area contributed by atoms with Gasteiger partial charge in [0, 0.05) is 6.54 Å². The highest BCUT2D eigenvalue weighted by atomic mass is 16.4. The zero-order chi connectivity index (χ0) is 14.5. The molecule has 5 nitrogen and oxygen atoms in total. The van der Waals surface area contributed by atoms with Gasteiger partial charge in [-0.05, 0) is 37.1 Å². The van der Waals surface area contributed by atoms with Gasteiger partial charge in [0.15, 0.2) is 0 Å². The van der Waals surface area contributed by atoms with Crippen molar-refractivity contribution >= 4 is 11.9 Å². The smallest absolute Gasteiger partial charge is 0.308 e. The van der Waals surface area contributed by atoms with Crippen LogP contribution in [0.4, 0.5) is 0 Å². The van der Waals surface area contributed by atoms with Gasteiger partial charge in [-0.25, -0.2) is 0 Å². The van der Waals surface area contributed by atoms with E-state index >= 15 is 0 Å². The van der Waals surface area contributed by atoms with Gasteiger partial charge in [0.25, 0.3) is 0 Å². The van der Waals surface area contributed by atoms with Crippen molar-refractivity contribution in [3.8, 4) is 0 Å². The highest BCUT2D eigenvalue weighted by Crippen LogP contribution is 2.27. The highest BCUT2D eigenvalue weighted by Gasteiger charge is 2.25. The topological polar surface area (TPSA) is 78.4 Å². The molecule has 1 saturated carbocycles. The van der Waals surface area contributed by atoms with E-state index in [1.54, 1.807) is 0 Å². The molecule has 0 aromatic carbocycles. The van der Waals surface area contributed by atoms with E-state index in [2.05, 4.69) is 10.6 Å². The summed E-state index contributed by atoms with van der Waals surface area (Å²) in [7, 11) is 0. The van der Waals surface area contributed by atoms with Crippen LogP contribution in [0, 0.1) is 17.3 Å². The minimum atomic E-state index is -0.846. The second-order valence-electron chi connectivity index (χ2n) is 6.68. The lowest BCUT2D eigenvalue weighted by atomic mass is 9.84. The lowest BCUT2D eigenvalue weighted by Crippen LogP contribution is -2.39. The van der Waals surface area contributed by atoms with E-state index in [1.165, 1.54) is 12.8 Å². The fourth-order valence-corrected chi connectivity index (χ4v) is 2.00. The molecule has 1 atom stereocenters. The number of carboxylic acids is 1. The van der Waals surface area contributed by atoms with E-state index in [0.717, 1.165) is 12.5 Å². The van der Waals surface area contributed by atoms with E-state index in [9.17, 15) is 9.59 Å². The number of carbonyl (C=O) groups is 2. The molecule has 0 heterocycles. The van der Waals surface area contributed by atoms with Crippen molar-refractivity contribution in [1.29, 1.82) is 0 Å². The molecule has 1 rings (SSSR count). The van der Waals surface area contributed by atoms with Crippen molar-refractivity contribution < 1.29 is 14.7 Å². The number of carboxylic acid groups (broad SMARTS) is 1. The van der Waals surface area contributed by atoms with Gasteiger partial charge in [-0.1, -0.05) is 20.8 Å². The fraction of sp³-hybridized carbons (Fsp3) is 0.857. The lowest BCUT2D eigenvalue weighted by Gasteiger charge is -2.23. The zero-order valence-electron chi connectivity index (χ0n) is 12.2. The average molecular weight is 270 g/mol. The summed E-state index contributed by atoms with van der Waals surface area (Å²) in [4.78, 5) is 22.7. The molecule has 0 saturated heterocycles. The second kappa shape index (κ2) is 6.89. The van der Waals surface area contributed by atoms with Crippen LogP contribution in [0.3, 0.4) is 0 Å². The average Bonchev–Trinajstić information content (AvgIpc) is 3.06. The normalized spacial score (nSPS) is 17.0. The van der Waals surface area contributed by atoms with Crippen LogP contribution in [-0.4, -0.2) is 36.6 Å². The number of hydrogen-bond donors (Lipinski definition) is 3. The van der Waals surface area contributed by atoms with Crippen LogP contribution >= 0.6 is 0 Å². The molecule has 0 radical (unpaired) electrons. The predicted octanol–water partition coefficient (Wildman–Crippen LogP) is 1.24. The number of amides is 1. The molecule has 0 spiro atoms. The first-order valence-corrected chi connectivity index (χ1v) is 6.98. The van der Waals surface area contributed by atoms with Crippen LogP contribution in [0.1, 0.15) is 40.0 Å². The predicted molar refractivity (Wildman–Crippen MR) is 73.8 cm³/mol. The highest BCUT2D eigenvalue weighted by molar-refractivity contribution is 5.79. The van der Waals surface area contributed by atoms with Gasteiger partial charge in [0.2, 0.25) is 5.91 Å². The van der Waals surface area contributed by atoms with Crippen LogP contribution in [0.2, 0.25) is 0 Å². The quantitative estimate of drug-likeness (QED) is 0.620. The van der Waals surface area contributed by atoms with Gasteiger partial charge in [-0.15, -0.1) is 0 Å². The molecule has 1 aliphatic carbocycles. The van der Waals surface area contributed by atoms with Crippen LogP contribution < -0.4 is 10.6 Å². The number of hydrogen-bond acceptors (Lipinski definition) is 3. The molecule has 110 valence electrons. The summed E-state index contributed by atoms with van der Waals surface area (Å²) in [6, 6.07) is 0. The lowest BCUT2D eigenvalue weighted by molar-refractivity contribution is -0.142. The monoisotopic (exact) mass is 270 g/mol. The van der Waals surface area contributed by atoms with Gasteiger partial charge in [0.1, 0.15) is 0 Å². The Hall–Kier alpha value is -1.10. The largest absolute Gasteiger partial charge is 0.481 e. The molecular formula is C14H26N2O3. The molecular weight excluding hydrogens is 244 g/mol. The maximum absolute atomic E-state index is 11.6. The van der Waals surface area contributed by atoms with Crippen molar-refractivity contribution in [2.75, 3.05) is 19.6 Å². The third-order valence-electron chi connectivity index (χ3n) is 3.17. The van der Waals surface area contributed by atoms with Gasteiger partial charge in [0.05, 0.1) is 12.5 Å². The molecule has 0 aromatic rings. The Morgan fingerprint density at radius 2 is 1.95 bits per heavy atom. The maximum atomic E-state index is 11.6. The Balaban J connectivity index is 2.21. The van der Waals surface area contributed by atoms with Crippen molar-refractivity contribution in [2.24, 2.45) is 17.3 Å². The summed E-state index contributed by atoms with van der Waals surface area (Å²) >= 11 is 0. The SMILES string of the molecule is CC(C)(C)CC(CNC(=O)CNCC1CC1)C(=O)O. The Morgan fingerprint density at radius 3 is 2.42 bits per heavy atom. The summed E-state index contributed by atoms with van der Waals surface area (Å²) in [6.07, 6.45) is 3.06. The van der Waals surface area contributed by atoms with Gasteiger partial charge in [-0.2, -0.15) is 0 Å². The van der Waals surface area contributed by atoms with E-state index in [1.807, 2.05) is 20.8 Å². The van der Waals surface area contributed by atoms with Gasteiger partial charge >= 0.3 is 5.97 Å². The molecule has 3 N–H and O–H groups in total. The molecule has 1 amide bonds. The van der Waals surface area contributed by atoms with Crippen LogP contribution in [0.25, 0.3) is 0 Å². The number of aliphatic carboxylic acids is 1. The molecule has 19 heavy (non-hydrogen) atoms. The van der Waals surface area contributed by atoms with Crippen molar-refractivity contribution in [2.45, 2.75) is 40.0 Å². The summed E-state index contributed by atoms with van der Waals surface area (Å²) in [5.41, 5.74) is -0.0575. The van der Waals surface area contributed by atoms with Crippen LogP contribution in [0.5, 0.6) is 0 Å². The maximum Gasteiger partial charge on any atom is 0.308 e. The summed E-state index contributed by atoms with van der Waals surface area (Å²) < 4.78 is 0. The fourth-order valence-electron chi connectivity index (χ4n) is 2.00.